The second-order valence-corrected chi connectivity index (χ2v) is 10.7. The zero-order valence-corrected chi connectivity index (χ0v) is 21.5. The average Bonchev–Trinajstić information content (AvgIpc) is 3.42. The number of carbonyl (C=O) groups is 1. The van der Waals surface area contributed by atoms with E-state index >= 15 is 0 Å². The molecule has 35 heavy (non-hydrogen) atoms. The quantitative estimate of drug-likeness (QED) is 0.217. The molecular formula is C24H24Cl2N4O4S. The number of benzene rings is 2. The van der Waals surface area contributed by atoms with Crippen LogP contribution < -0.4 is 4.31 Å². The summed E-state index contributed by atoms with van der Waals surface area (Å²) in [6.45, 7) is 1.70. The first-order chi connectivity index (χ1) is 16.7. The molecule has 0 spiro atoms. The van der Waals surface area contributed by atoms with Gasteiger partial charge in [-0.05, 0) is 48.9 Å². The Kier molecular flexibility index (Phi) is 7.39. The van der Waals surface area contributed by atoms with E-state index in [0.717, 1.165) is 27.3 Å². The van der Waals surface area contributed by atoms with Crippen LogP contribution in [0.3, 0.4) is 0 Å². The van der Waals surface area contributed by atoms with Gasteiger partial charge in [0.1, 0.15) is 6.54 Å². The summed E-state index contributed by atoms with van der Waals surface area (Å²) >= 11 is 12.1. The van der Waals surface area contributed by atoms with Crippen LogP contribution >= 0.6 is 23.2 Å². The number of anilines is 1. The molecular weight excluding hydrogens is 511 g/mol. The van der Waals surface area contributed by atoms with Crippen LogP contribution in [-0.2, 0) is 26.6 Å². The fourth-order valence-electron chi connectivity index (χ4n) is 3.66. The number of fused-ring (bicyclic) bond motifs is 1. The summed E-state index contributed by atoms with van der Waals surface area (Å²) in [5.74, 6) is -0.650. The second kappa shape index (κ2) is 10.3. The molecule has 184 valence electrons. The molecule has 0 saturated carbocycles. The smallest absolute Gasteiger partial charge is 0.326 e. The van der Waals surface area contributed by atoms with E-state index in [1.165, 1.54) is 18.2 Å². The summed E-state index contributed by atoms with van der Waals surface area (Å²) < 4.78 is 37.2. The van der Waals surface area contributed by atoms with Gasteiger partial charge in [0.05, 0.1) is 34.6 Å². The van der Waals surface area contributed by atoms with Crippen molar-refractivity contribution in [1.82, 2.24) is 14.3 Å². The number of sulfonamides is 1. The SMILES string of the molecule is CCCCOC(=O)CN(c1ccc2c(ccn2-c2cnn(C)c2)c1)S(=O)(=O)c1cc(Cl)cc(Cl)c1. The predicted octanol–water partition coefficient (Wildman–Crippen LogP) is 5.21. The molecule has 0 aliphatic heterocycles. The van der Waals surface area contributed by atoms with Gasteiger partial charge in [0.15, 0.2) is 0 Å². The summed E-state index contributed by atoms with van der Waals surface area (Å²) in [6, 6.07) is 11.1. The summed E-state index contributed by atoms with van der Waals surface area (Å²) in [4.78, 5) is 12.5. The van der Waals surface area contributed by atoms with Gasteiger partial charge in [-0.1, -0.05) is 36.5 Å². The van der Waals surface area contributed by atoms with Gasteiger partial charge in [-0.15, -0.1) is 0 Å². The largest absolute Gasteiger partial charge is 0.464 e. The summed E-state index contributed by atoms with van der Waals surface area (Å²) in [5.41, 5.74) is 2.04. The van der Waals surface area contributed by atoms with Crippen LogP contribution in [0.2, 0.25) is 10.0 Å². The summed E-state index contributed by atoms with van der Waals surface area (Å²) in [7, 11) is -2.36. The zero-order chi connectivity index (χ0) is 25.2. The van der Waals surface area contributed by atoms with E-state index < -0.39 is 22.5 Å². The first-order valence-electron chi connectivity index (χ1n) is 10.9. The van der Waals surface area contributed by atoms with Crippen molar-refractivity contribution >= 4 is 55.8 Å². The molecule has 0 aliphatic carbocycles. The standard InChI is InChI=1S/C24H24Cl2N4O4S/c1-3-4-9-34-24(31)16-30(35(32,33)22-12-18(25)11-19(26)13-22)20-5-6-23-17(10-20)7-8-29(23)21-14-27-28(2)15-21/h5-8,10-15H,3-4,9,16H2,1-2H3. The van der Waals surface area contributed by atoms with Gasteiger partial charge in [-0.2, -0.15) is 5.10 Å². The van der Waals surface area contributed by atoms with Crippen molar-refractivity contribution in [1.29, 1.82) is 0 Å². The number of unbranched alkanes of at least 4 members (excludes halogenated alkanes) is 1. The van der Waals surface area contributed by atoms with E-state index in [1.54, 1.807) is 29.1 Å². The molecule has 0 amide bonds. The highest BCUT2D eigenvalue weighted by molar-refractivity contribution is 7.92. The molecule has 11 heteroatoms. The lowest BCUT2D eigenvalue weighted by atomic mass is 10.2. The van der Waals surface area contributed by atoms with Gasteiger partial charge < -0.3 is 9.30 Å². The van der Waals surface area contributed by atoms with E-state index in [-0.39, 0.29) is 21.5 Å². The first kappa shape index (κ1) is 25.1. The third kappa shape index (κ3) is 5.47. The van der Waals surface area contributed by atoms with Crippen LogP contribution in [0.15, 0.2) is 66.0 Å². The van der Waals surface area contributed by atoms with Crippen molar-refractivity contribution in [2.24, 2.45) is 7.05 Å². The van der Waals surface area contributed by atoms with Gasteiger partial charge in [-0.25, -0.2) is 8.42 Å². The second-order valence-electron chi connectivity index (χ2n) is 7.99. The fraction of sp³-hybridized carbons (Fsp3) is 0.250. The molecule has 8 nitrogen and oxygen atoms in total. The Balaban J connectivity index is 1.76. The Morgan fingerprint density at radius 1 is 1.11 bits per heavy atom. The fourth-order valence-corrected chi connectivity index (χ4v) is 5.78. The number of aromatic nitrogens is 3. The van der Waals surface area contributed by atoms with Gasteiger partial charge in [0, 0.05) is 34.9 Å². The molecule has 2 aromatic heterocycles. The number of aryl methyl sites for hydroxylation is 1. The zero-order valence-electron chi connectivity index (χ0n) is 19.2. The van der Waals surface area contributed by atoms with Crippen LogP contribution in [0, 0.1) is 0 Å². The third-order valence-electron chi connectivity index (χ3n) is 5.39. The molecule has 0 radical (unpaired) electrons. The van der Waals surface area contributed by atoms with Gasteiger partial charge >= 0.3 is 5.97 Å². The Bertz CT molecular complexity index is 1460. The summed E-state index contributed by atoms with van der Waals surface area (Å²) in [6.07, 6.45) is 7.02. The molecule has 0 saturated heterocycles. The Morgan fingerprint density at radius 2 is 1.86 bits per heavy atom. The Hall–Kier alpha value is -3.01. The van der Waals surface area contributed by atoms with Crippen molar-refractivity contribution in [3.63, 3.8) is 0 Å². The minimum absolute atomic E-state index is 0.121. The number of esters is 1. The number of halogens is 2. The molecule has 0 aliphatic rings. The monoisotopic (exact) mass is 534 g/mol. The maximum Gasteiger partial charge on any atom is 0.326 e. The molecule has 0 N–H and O–H groups in total. The van der Waals surface area contributed by atoms with E-state index in [1.807, 2.05) is 37.0 Å². The molecule has 0 bridgehead atoms. The van der Waals surface area contributed by atoms with Crippen molar-refractivity contribution in [2.45, 2.75) is 24.7 Å². The number of carbonyl (C=O) groups excluding carboxylic acids is 1. The first-order valence-corrected chi connectivity index (χ1v) is 13.1. The van der Waals surface area contributed by atoms with Crippen LogP contribution in [0.5, 0.6) is 0 Å². The van der Waals surface area contributed by atoms with E-state index in [2.05, 4.69) is 5.10 Å². The van der Waals surface area contributed by atoms with Crippen LogP contribution in [-0.4, -0.2) is 41.9 Å². The lowest BCUT2D eigenvalue weighted by Crippen LogP contribution is -2.36. The average molecular weight is 535 g/mol. The van der Waals surface area contributed by atoms with Gasteiger partial charge in [0.2, 0.25) is 0 Å². The highest BCUT2D eigenvalue weighted by Crippen LogP contribution is 2.31. The third-order valence-corrected chi connectivity index (χ3v) is 7.58. The molecule has 4 rings (SSSR count). The minimum atomic E-state index is -4.19. The number of hydrogen-bond donors (Lipinski definition) is 0. The maximum atomic E-state index is 13.7. The maximum absolute atomic E-state index is 13.7. The Morgan fingerprint density at radius 3 is 2.51 bits per heavy atom. The van der Waals surface area contributed by atoms with E-state index in [0.29, 0.717) is 12.1 Å². The van der Waals surface area contributed by atoms with Gasteiger partial charge in [0.25, 0.3) is 10.0 Å². The normalized spacial score (nSPS) is 11.7. The van der Waals surface area contributed by atoms with Crippen molar-refractivity contribution in [3.05, 3.63) is 71.1 Å². The highest BCUT2D eigenvalue weighted by Gasteiger charge is 2.29. The highest BCUT2D eigenvalue weighted by atomic mass is 35.5. The molecule has 2 heterocycles. The van der Waals surface area contributed by atoms with Crippen molar-refractivity contribution in [3.8, 4) is 5.69 Å². The molecule has 4 aromatic rings. The van der Waals surface area contributed by atoms with Crippen molar-refractivity contribution < 1.29 is 17.9 Å². The number of rotatable bonds is 9. The van der Waals surface area contributed by atoms with Gasteiger partial charge in [-0.3, -0.25) is 13.8 Å². The number of nitrogens with zero attached hydrogens (tertiary/aromatic N) is 4. The van der Waals surface area contributed by atoms with Crippen molar-refractivity contribution in [2.75, 3.05) is 17.5 Å². The Labute approximate surface area is 213 Å². The minimum Gasteiger partial charge on any atom is -0.464 e. The molecule has 0 unspecified atom stereocenters. The molecule has 0 atom stereocenters. The van der Waals surface area contributed by atoms with Crippen LogP contribution in [0.25, 0.3) is 16.6 Å². The number of ether oxygens (including phenoxy) is 1. The molecule has 0 fully saturated rings. The molecule has 2 aromatic carbocycles. The van der Waals surface area contributed by atoms with E-state index in [9.17, 15) is 13.2 Å². The van der Waals surface area contributed by atoms with Crippen LogP contribution in [0.1, 0.15) is 19.8 Å². The lowest BCUT2D eigenvalue weighted by Gasteiger charge is -2.24. The predicted molar refractivity (Wildman–Crippen MR) is 137 cm³/mol. The summed E-state index contributed by atoms with van der Waals surface area (Å²) in [5, 5.41) is 5.33. The van der Waals surface area contributed by atoms with Crippen LogP contribution in [0.4, 0.5) is 5.69 Å². The van der Waals surface area contributed by atoms with E-state index in [4.69, 9.17) is 27.9 Å². The topological polar surface area (TPSA) is 86.4 Å². The number of hydrogen-bond acceptors (Lipinski definition) is 5. The lowest BCUT2D eigenvalue weighted by molar-refractivity contribution is -0.141.